The first-order valence-corrected chi connectivity index (χ1v) is 12.0. The second-order valence-corrected chi connectivity index (χ2v) is 9.50. The smallest absolute Gasteiger partial charge is 0.237 e. The molecule has 0 unspecified atom stereocenters. The second kappa shape index (κ2) is 9.83. The number of nitrogens with zero attached hydrogens (tertiary/aromatic N) is 3. The minimum absolute atomic E-state index is 0.0140. The van der Waals surface area contributed by atoms with E-state index in [2.05, 4.69) is 20.6 Å². The van der Waals surface area contributed by atoms with Crippen LogP contribution in [0.3, 0.4) is 0 Å². The van der Waals surface area contributed by atoms with Crippen LogP contribution in [0, 0.1) is 11.7 Å². The fourth-order valence-corrected chi connectivity index (χ4v) is 4.53. The van der Waals surface area contributed by atoms with Crippen molar-refractivity contribution >= 4 is 39.9 Å². The molecule has 2 fully saturated rings. The van der Waals surface area contributed by atoms with Gasteiger partial charge in [-0.2, -0.15) is 0 Å². The highest BCUT2D eigenvalue weighted by atomic mass is 35.5. The van der Waals surface area contributed by atoms with Crippen molar-refractivity contribution in [3.63, 3.8) is 0 Å². The number of halogens is 2. The second-order valence-electron chi connectivity index (χ2n) is 9.09. The molecule has 35 heavy (non-hydrogen) atoms. The Labute approximate surface area is 207 Å². The van der Waals surface area contributed by atoms with Gasteiger partial charge in [-0.25, -0.2) is 14.4 Å². The number of ether oxygens (including phenoxy) is 2. The zero-order valence-corrected chi connectivity index (χ0v) is 20.3. The Morgan fingerprint density at radius 1 is 1.26 bits per heavy atom. The molecule has 2 N–H and O–H groups in total. The topological polar surface area (TPSA) is 88.6 Å². The van der Waals surface area contributed by atoms with Gasteiger partial charge < -0.3 is 20.1 Å². The molecule has 1 aliphatic heterocycles. The van der Waals surface area contributed by atoms with E-state index in [9.17, 15) is 9.18 Å². The van der Waals surface area contributed by atoms with Gasteiger partial charge >= 0.3 is 0 Å². The Bertz CT molecular complexity index is 1260. The predicted octanol–water partition coefficient (Wildman–Crippen LogP) is 4.15. The lowest BCUT2D eigenvalue weighted by atomic mass is 10.1. The third kappa shape index (κ3) is 5.11. The molecule has 1 saturated carbocycles. The van der Waals surface area contributed by atoms with E-state index in [1.807, 2.05) is 11.9 Å². The lowest BCUT2D eigenvalue weighted by molar-refractivity contribution is -0.125. The number of benzene rings is 2. The molecule has 184 valence electrons. The van der Waals surface area contributed by atoms with Gasteiger partial charge in [-0.05, 0) is 44.0 Å². The molecule has 2 atom stereocenters. The van der Waals surface area contributed by atoms with Gasteiger partial charge in [-0.3, -0.25) is 9.69 Å². The average Bonchev–Trinajstić information content (AvgIpc) is 3.61. The number of hydrogen-bond donors (Lipinski definition) is 2. The Balaban J connectivity index is 1.38. The van der Waals surface area contributed by atoms with Crippen LogP contribution in [0.25, 0.3) is 10.9 Å². The molecule has 8 nitrogen and oxygen atoms in total. The molecule has 2 aromatic carbocycles. The number of carbonyl (C=O) groups is 1. The lowest BCUT2D eigenvalue weighted by Gasteiger charge is -2.18. The Morgan fingerprint density at radius 2 is 2.09 bits per heavy atom. The highest BCUT2D eigenvalue weighted by Crippen LogP contribution is 2.37. The van der Waals surface area contributed by atoms with Gasteiger partial charge in [0.25, 0.3) is 0 Å². The number of likely N-dealkylation sites (N-methyl/N-ethyl adjacent to an activating group) is 1. The van der Waals surface area contributed by atoms with Crippen molar-refractivity contribution in [1.82, 2.24) is 20.2 Å². The van der Waals surface area contributed by atoms with E-state index < -0.39 is 5.82 Å². The number of aromatic nitrogens is 2. The number of amides is 1. The zero-order chi connectivity index (χ0) is 24.5. The number of rotatable bonds is 8. The molecule has 2 heterocycles. The largest absolute Gasteiger partial charge is 0.493 e. The van der Waals surface area contributed by atoms with Gasteiger partial charge in [0.2, 0.25) is 5.91 Å². The van der Waals surface area contributed by atoms with Crippen molar-refractivity contribution in [3.8, 4) is 11.5 Å². The van der Waals surface area contributed by atoms with Gasteiger partial charge in [0.1, 0.15) is 18.2 Å². The summed E-state index contributed by atoms with van der Waals surface area (Å²) in [5.41, 5.74) is 0.809. The van der Waals surface area contributed by atoms with Crippen LogP contribution < -0.4 is 20.1 Å². The van der Waals surface area contributed by atoms with Crippen molar-refractivity contribution in [2.45, 2.75) is 31.4 Å². The first-order valence-electron chi connectivity index (χ1n) is 11.6. The molecule has 10 heteroatoms. The molecule has 1 saturated heterocycles. The Morgan fingerprint density at radius 3 is 2.86 bits per heavy atom. The molecule has 3 aromatic rings. The van der Waals surface area contributed by atoms with Crippen LogP contribution in [0.2, 0.25) is 5.02 Å². The summed E-state index contributed by atoms with van der Waals surface area (Å²) in [7, 11) is 3.49. The van der Waals surface area contributed by atoms with Crippen LogP contribution in [0.4, 0.5) is 15.9 Å². The molecule has 0 bridgehead atoms. The van der Waals surface area contributed by atoms with Gasteiger partial charge in [-0.1, -0.05) is 17.7 Å². The van der Waals surface area contributed by atoms with Crippen molar-refractivity contribution in [3.05, 3.63) is 47.5 Å². The number of hydrogen-bond acceptors (Lipinski definition) is 7. The number of carbonyl (C=O) groups excluding carboxylic acids is 1. The van der Waals surface area contributed by atoms with E-state index in [0.717, 1.165) is 6.54 Å². The summed E-state index contributed by atoms with van der Waals surface area (Å²) in [4.78, 5) is 23.3. The molecule has 5 rings (SSSR count). The predicted molar refractivity (Wildman–Crippen MR) is 132 cm³/mol. The summed E-state index contributed by atoms with van der Waals surface area (Å²) < 4.78 is 26.3. The van der Waals surface area contributed by atoms with Crippen LogP contribution in [0.1, 0.15) is 19.3 Å². The van der Waals surface area contributed by atoms with Crippen LogP contribution >= 0.6 is 11.6 Å². The van der Waals surface area contributed by atoms with Crippen LogP contribution in [0.5, 0.6) is 11.5 Å². The van der Waals surface area contributed by atoms with E-state index in [1.165, 1.54) is 25.2 Å². The van der Waals surface area contributed by atoms with Gasteiger partial charge in [0.15, 0.2) is 17.3 Å². The van der Waals surface area contributed by atoms with Crippen LogP contribution in [-0.2, 0) is 4.79 Å². The average molecular weight is 500 g/mol. The van der Waals surface area contributed by atoms with E-state index in [1.54, 1.807) is 31.4 Å². The first kappa shape index (κ1) is 23.6. The monoisotopic (exact) mass is 499 g/mol. The fourth-order valence-electron chi connectivity index (χ4n) is 4.35. The minimum atomic E-state index is -0.564. The van der Waals surface area contributed by atoms with E-state index in [-0.39, 0.29) is 28.8 Å². The summed E-state index contributed by atoms with van der Waals surface area (Å²) in [6.07, 6.45) is 4.15. The number of likely N-dealkylation sites (tertiary alicyclic amines) is 1. The molecule has 1 aliphatic carbocycles. The Kier molecular flexibility index (Phi) is 6.62. The normalized spacial score (nSPS) is 20.1. The van der Waals surface area contributed by atoms with Crippen molar-refractivity contribution in [1.29, 1.82) is 0 Å². The van der Waals surface area contributed by atoms with E-state index in [4.69, 9.17) is 21.1 Å². The zero-order valence-electron chi connectivity index (χ0n) is 19.6. The molecule has 2 aliphatic rings. The number of nitrogens with one attached hydrogen (secondary N) is 2. The molecule has 0 radical (unpaired) electrons. The van der Waals surface area contributed by atoms with Crippen molar-refractivity contribution < 1.29 is 18.7 Å². The molecule has 0 spiro atoms. The quantitative estimate of drug-likeness (QED) is 0.481. The summed E-state index contributed by atoms with van der Waals surface area (Å²) in [6.45, 7) is 1.35. The van der Waals surface area contributed by atoms with Crippen molar-refractivity contribution in [2.24, 2.45) is 5.92 Å². The van der Waals surface area contributed by atoms with Crippen molar-refractivity contribution in [2.75, 3.05) is 32.6 Å². The molecular formula is C25H27ClFN5O3. The maximum Gasteiger partial charge on any atom is 0.237 e. The number of fused-ring (bicyclic) bond motifs is 1. The van der Waals surface area contributed by atoms with Gasteiger partial charge in [0.05, 0.1) is 29.4 Å². The van der Waals surface area contributed by atoms with Gasteiger partial charge in [0, 0.05) is 31.0 Å². The number of methoxy groups -OCH3 is 1. The SMILES string of the molecule is COc1cc2ncnc(Nc3cccc(Cl)c3F)c2cc1O[C@H]1C[C@H](C(=O)NCC2CC2)N(C)C1. The lowest BCUT2D eigenvalue weighted by Crippen LogP contribution is -2.42. The van der Waals surface area contributed by atoms with Crippen LogP contribution in [0.15, 0.2) is 36.7 Å². The molecule has 1 aromatic heterocycles. The highest BCUT2D eigenvalue weighted by Gasteiger charge is 2.36. The maximum absolute atomic E-state index is 14.5. The third-order valence-electron chi connectivity index (χ3n) is 6.49. The third-order valence-corrected chi connectivity index (χ3v) is 6.79. The number of anilines is 2. The van der Waals surface area contributed by atoms with Gasteiger partial charge in [-0.15, -0.1) is 0 Å². The molecular weight excluding hydrogens is 473 g/mol. The first-order chi connectivity index (χ1) is 16.9. The minimum Gasteiger partial charge on any atom is -0.493 e. The Hall–Kier alpha value is -3.17. The highest BCUT2D eigenvalue weighted by molar-refractivity contribution is 6.31. The molecule has 1 amide bonds. The summed E-state index contributed by atoms with van der Waals surface area (Å²) in [5.74, 6) is 1.53. The summed E-state index contributed by atoms with van der Waals surface area (Å²) in [5, 5.41) is 6.71. The van der Waals surface area contributed by atoms with E-state index in [0.29, 0.717) is 47.1 Å². The maximum atomic E-state index is 14.5. The summed E-state index contributed by atoms with van der Waals surface area (Å²) in [6, 6.07) is 8.01. The van der Waals surface area contributed by atoms with Crippen LogP contribution in [-0.4, -0.2) is 60.2 Å². The fraction of sp³-hybridized carbons (Fsp3) is 0.400. The standard InChI is InChI=1S/C25H27ClFN5O3/c1-32-12-15(8-20(32)25(33)28-11-14-6-7-14)35-22-9-16-19(10-21(22)34-2)29-13-30-24(16)31-18-5-3-4-17(26)23(18)27/h3-5,9-10,13-15,20H,6-8,11-12H2,1-2H3,(H,28,33)(H,29,30,31)/t15-,20+/m0/s1. The van der Waals surface area contributed by atoms with E-state index >= 15 is 0 Å². The summed E-state index contributed by atoms with van der Waals surface area (Å²) >= 11 is 5.93.